The van der Waals surface area contributed by atoms with Crippen molar-refractivity contribution in [3.63, 3.8) is 0 Å². The van der Waals surface area contributed by atoms with Crippen LogP contribution in [0.1, 0.15) is 19.8 Å². The van der Waals surface area contributed by atoms with Crippen LogP contribution in [0.2, 0.25) is 0 Å². The van der Waals surface area contributed by atoms with Gasteiger partial charge in [0.05, 0.1) is 16.3 Å². The van der Waals surface area contributed by atoms with Crippen LogP contribution in [0.4, 0.5) is 45.5 Å². The topological polar surface area (TPSA) is 189 Å². The second-order valence-electron chi connectivity index (χ2n) is 9.66. The Balaban J connectivity index is 1.85. The molecule has 1 aliphatic rings. The number of halogens is 3. The molecule has 3 aromatic carbocycles. The molecule has 0 N–H and O–H groups in total. The van der Waals surface area contributed by atoms with Crippen LogP contribution < -0.4 is 19.0 Å². The van der Waals surface area contributed by atoms with E-state index in [1.807, 2.05) is 0 Å². The van der Waals surface area contributed by atoms with Crippen molar-refractivity contribution < 1.29 is 56.5 Å². The van der Waals surface area contributed by atoms with Crippen molar-refractivity contribution in [3.8, 4) is 11.5 Å². The number of carbonyl (C=O) groups is 4. The number of nitro benzene ring substituents is 2. The smallest absolute Gasteiger partial charge is 0.393 e. The Labute approximate surface area is 261 Å². The molecule has 0 bridgehead atoms. The lowest BCUT2D eigenvalue weighted by Crippen LogP contribution is -2.68. The van der Waals surface area contributed by atoms with Crippen LogP contribution in [0.25, 0.3) is 0 Å². The molecular weight excluding hydrogens is 639 g/mol. The molecule has 0 aromatic heterocycles. The van der Waals surface area contributed by atoms with Crippen LogP contribution in [-0.2, 0) is 14.4 Å². The zero-order valence-electron chi connectivity index (χ0n) is 24.1. The van der Waals surface area contributed by atoms with Gasteiger partial charge in [-0.25, -0.2) is 4.79 Å². The normalized spacial score (nSPS) is 15.9. The number of hydrogen-bond donors (Lipinski definition) is 0. The molecule has 0 aliphatic carbocycles. The van der Waals surface area contributed by atoms with E-state index in [0.717, 1.165) is 60.7 Å². The Morgan fingerprint density at radius 1 is 0.894 bits per heavy atom. The average molecular weight is 663 g/mol. The molecule has 0 fully saturated rings. The molecule has 246 valence electrons. The number of anilines is 1. The largest absolute Gasteiger partial charge is 0.555 e. The molecule has 1 heterocycles. The fourth-order valence-corrected chi connectivity index (χ4v) is 4.54. The summed E-state index contributed by atoms with van der Waals surface area (Å²) in [7, 11) is 0. The number of hydroxylamine groups is 1. The number of amides is 3. The van der Waals surface area contributed by atoms with E-state index < -0.39 is 82.0 Å². The van der Waals surface area contributed by atoms with Crippen molar-refractivity contribution in [3.05, 3.63) is 93.0 Å². The number of quaternary nitrogens is 1. The lowest BCUT2D eigenvalue weighted by Gasteiger charge is -2.38. The maximum absolute atomic E-state index is 14.2. The molecule has 19 heteroatoms. The molecule has 1 atom stereocenters. The molecule has 0 spiro atoms. The van der Waals surface area contributed by atoms with Gasteiger partial charge in [-0.3, -0.25) is 39.6 Å². The quantitative estimate of drug-likeness (QED) is 0.105. The van der Waals surface area contributed by atoms with Gasteiger partial charge in [0.15, 0.2) is 5.69 Å². The Kier molecular flexibility index (Phi) is 9.69. The highest BCUT2D eigenvalue weighted by atomic mass is 19.4. The van der Waals surface area contributed by atoms with Crippen molar-refractivity contribution in [2.24, 2.45) is 0 Å². The van der Waals surface area contributed by atoms with E-state index in [4.69, 9.17) is 14.3 Å². The first-order chi connectivity index (χ1) is 22.2. The van der Waals surface area contributed by atoms with Gasteiger partial charge < -0.3 is 9.47 Å². The third-order valence-electron chi connectivity index (χ3n) is 6.65. The molecule has 16 nitrogen and oxygen atoms in total. The van der Waals surface area contributed by atoms with Crippen LogP contribution in [0, 0.1) is 20.2 Å². The summed E-state index contributed by atoms with van der Waals surface area (Å²) in [5, 5.41) is 22.2. The third-order valence-corrected chi connectivity index (χ3v) is 6.65. The Morgan fingerprint density at radius 3 is 1.94 bits per heavy atom. The standard InChI is InChI=1S/C28H23F3N5O11/c1-2-24(37)33(47-27(40)46-21-13-9-19(10-14-21)35(43)44)36(26(39)45-20-11-7-18(8-12-20)34(41)42)16-15-25(38)32(17-28(29,30)31)22-5-3-4-6-23(22)36/h3-14H,2,15-17H2,1H3/q+1. The van der Waals surface area contributed by atoms with E-state index in [1.165, 1.54) is 19.1 Å². The number of rotatable bonds is 6. The average Bonchev–Trinajstić information content (AvgIpc) is 3.14. The fourth-order valence-electron chi connectivity index (χ4n) is 4.54. The minimum atomic E-state index is -4.90. The van der Waals surface area contributed by atoms with Gasteiger partial charge in [-0.05, 0) is 34.9 Å². The summed E-state index contributed by atoms with van der Waals surface area (Å²) < 4.78 is 49.8. The molecule has 3 amide bonds. The molecule has 3 aromatic rings. The predicted molar refractivity (Wildman–Crippen MR) is 153 cm³/mol. The van der Waals surface area contributed by atoms with E-state index in [-0.39, 0.29) is 28.0 Å². The molecule has 4 rings (SSSR count). The molecule has 1 aliphatic heterocycles. The maximum atomic E-state index is 14.2. The number of non-ortho nitro benzene ring substituents is 2. The van der Waals surface area contributed by atoms with Crippen molar-refractivity contribution in [1.29, 1.82) is 0 Å². The van der Waals surface area contributed by atoms with E-state index in [0.29, 0.717) is 4.90 Å². The van der Waals surface area contributed by atoms with Crippen LogP contribution in [-0.4, -0.2) is 58.3 Å². The number of benzene rings is 3. The van der Waals surface area contributed by atoms with Gasteiger partial charge >= 0.3 is 24.3 Å². The van der Waals surface area contributed by atoms with Gasteiger partial charge in [0, 0.05) is 41.9 Å². The summed E-state index contributed by atoms with van der Waals surface area (Å²) in [6, 6.07) is 12.9. The Hall–Kier alpha value is -6.11. The van der Waals surface area contributed by atoms with Crippen LogP contribution in [0.3, 0.4) is 0 Å². The summed E-state index contributed by atoms with van der Waals surface area (Å²) in [4.78, 5) is 80.0. The molecule has 1 unspecified atom stereocenters. The zero-order valence-corrected chi connectivity index (χ0v) is 24.1. The molecule has 47 heavy (non-hydrogen) atoms. The first kappa shape index (κ1) is 33.8. The molecule has 0 saturated carbocycles. The van der Waals surface area contributed by atoms with E-state index in [2.05, 4.69) is 0 Å². The summed E-state index contributed by atoms with van der Waals surface area (Å²) in [6.07, 6.45) is -9.28. The van der Waals surface area contributed by atoms with Gasteiger partial charge in [0.25, 0.3) is 11.4 Å². The van der Waals surface area contributed by atoms with E-state index in [1.54, 1.807) is 0 Å². The van der Waals surface area contributed by atoms with Crippen LogP contribution in [0.15, 0.2) is 72.8 Å². The minimum Gasteiger partial charge on any atom is -0.393 e. The van der Waals surface area contributed by atoms with Gasteiger partial charge in [0.2, 0.25) is 5.91 Å². The summed E-state index contributed by atoms with van der Waals surface area (Å²) in [5.41, 5.74) is -1.64. The predicted octanol–water partition coefficient (Wildman–Crippen LogP) is 5.59. The third kappa shape index (κ3) is 7.41. The summed E-state index contributed by atoms with van der Waals surface area (Å²) in [6.45, 7) is -1.28. The summed E-state index contributed by atoms with van der Waals surface area (Å²) >= 11 is 0. The number of carbonyl (C=O) groups excluding carboxylic acids is 4. The van der Waals surface area contributed by atoms with E-state index in [9.17, 15) is 52.6 Å². The number of hydrogen-bond acceptors (Lipinski definition) is 11. The fraction of sp³-hybridized carbons (Fsp3) is 0.214. The second kappa shape index (κ2) is 13.5. The first-order valence-electron chi connectivity index (χ1n) is 13.5. The SMILES string of the molecule is CCC(=O)N(OC(=O)Oc1ccc([N+](=O)[O-])cc1)[N+]1(C(=O)Oc2ccc([N+](=O)[O-])cc2)CCC(=O)N(CC(F)(F)F)c2ccccc21. The first-order valence-corrected chi connectivity index (χ1v) is 13.5. The van der Waals surface area contributed by atoms with Gasteiger partial charge in [-0.15, -0.1) is 0 Å². The Bertz CT molecular complexity index is 1720. The van der Waals surface area contributed by atoms with Crippen LogP contribution >= 0.6 is 0 Å². The van der Waals surface area contributed by atoms with Gasteiger partial charge in [-0.1, -0.05) is 19.1 Å². The van der Waals surface area contributed by atoms with Gasteiger partial charge in [0.1, 0.15) is 30.3 Å². The number of nitrogens with zero attached hydrogens (tertiary/aromatic N) is 5. The highest BCUT2D eigenvalue weighted by molar-refractivity contribution is 6.02. The van der Waals surface area contributed by atoms with E-state index >= 15 is 0 Å². The molecule has 0 radical (unpaired) electrons. The highest BCUT2D eigenvalue weighted by Crippen LogP contribution is 2.42. The maximum Gasteiger partial charge on any atom is 0.555 e. The highest BCUT2D eigenvalue weighted by Gasteiger charge is 2.57. The zero-order chi connectivity index (χ0) is 34.5. The lowest BCUT2D eigenvalue weighted by molar-refractivity contribution is -0.385. The number of fused-ring (bicyclic) bond motifs is 1. The number of ether oxygens (including phenoxy) is 2. The number of nitro groups is 2. The molecule has 0 saturated heterocycles. The monoisotopic (exact) mass is 662 g/mol. The van der Waals surface area contributed by atoms with Gasteiger partial charge in [-0.2, -0.15) is 18.0 Å². The van der Waals surface area contributed by atoms with Crippen molar-refractivity contribution in [2.45, 2.75) is 25.9 Å². The summed E-state index contributed by atoms with van der Waals surface area (Å²) in [5.74, 6) is -2.80. The molecular formula is C28H23F3N5O11+. The van der Waals surface area contributed by atoms with Crippen molar-refractivity contribution in [2.75, 3.05) is 18.0 Å². The number of alkyl halides is 3. The minimum absolute atomic E-state index is 0.199. The van der Waals surface area contributed by atoms with Crippen LogP contribution in [0.5, 0.6) is 11.5 Å². The number of para-hydroxylation sites is 2. The van der Waals surface area contributed by atoms with Crippen molar-refractivity contribution in [1.82, 2.24) is 9.76 Å². The van der Waals surface area contributed by atoms with Crippen molar-refractivity contribution >= 4 is 46.8 Å². The lowest BCUT2D eigenvalue weighted by atomic mass is 10.2. The second-order valence-corrected chi connectivity index (χ2v) is 9.66. The Morgan fingerprint density at radius 2 is 1.43 bits per heavy atom.